The van der Waals surface area contributed by atoms with Gasteiger partial charge in [-0.3, -0.25) is 5.10 Å². The first kappa shape index (κ1) is 17.5. The highest BCUT2D eigenvalue weighted by atomic mass is 32.2. The Morgan fingerprint density at radius 3 is 1.90 bits per heavy atom. The summed E-state index contributed by atoms with van der Waals surface area (Å²) in [5.41, 5.74) is 0. The third-order valence-corrected chi connectivity index (χ3v) is 4.49. The number of hydrogen-bond donors (Lipinski definition) is 1. The number of H-pyrrole nitrogens is 1. The molecule has 0 aliphatic rings. The maximum absolute atomic E-state index is 4.30. The van der Waals surface area contributed by atoms with Crippen molar-refractivity contribution in [2.24, 2.45) is 0 Å². The summed E-state index contributed by atoms with van der Waals surface area (Å²) in [6, 6.07) is 0. The van der Waals surface area contributed by atoms with Gasteiger partial charge in [-0.2, -0.15) is 0 Å². The fourth-order valence-corrected chi connectivity index (χ4v) is 3.16. The van der Waals surface area contributed by atoms with Gasteiger partial charge in [0.2, 0.25) is 5.16 Å². The molecule has 1 rings (SSSR count). The lowest BCUT2D eigenvalue weighted by atomic mass is 10.1. The predicted molar refractivity (Wildman–Crippen MR) is 88.3 cm³/mol. The van der Waals surface area contributed by atoms with Crippen LogP contribution in [0.3, 0.4) is 0 Å². The highest BCUT2D eigenvalue weighted by Crippen LogP contribution is 2.16. The van der Waals surface area contributed by atoms with Crippen LogP contribution in [0, 0.1) is 6.92 Å². The molecule has 116 valence electrons. The quantitative estimate of drug-likeness (QED) is 0.385. The predicted octanol–water partition coefficient (Wildman–Crippen LogP) is 5.52. The van der Waals surface area contributed by atoms with Crippen molar-refractivity contribution in [2.45, 2.75) is 89.6 Å². The lowest BCUT2D eigenvalue weighted by Gasteiger charge is -2.02. The maximum Gasteiger partial charge on any atom is 0.208 e. The van der Waals surface area contributed by atoms with Crippen LogP contribution in [-0.4, -0.2) is 20.9 Å². The SMILES string of the molecule is CCCCCCCCCCCCCSc1n[nH]c(C)n1. The molecule has 3 nitrogen and oxygen atoms in total. The molecule has 0 aliphatic heterocycles. The van der Waals surface area contributed by atoms with E-state index in [0.717, 1.165) is 16.7 Å². The molecule has 0 aromatic carbocycles. The molecule has 0 radical (unpaired) electrons. The van der Waals surface area contributed by atoms with Crippen LogP contribution >= 0.6 is 11.8 Å². The van der Waals surface area contributed by atoms with Crippen LogP contribution < -0.4 is 0 Å². The molecule has 0 spiro atoms. The van der Waals surface area contributed by atoms with Gasteiger partial charge in [0.1, 0.15) is 5.82 Å². The number of aromatic nitrogens is 3. The van der Waals surface area contributed by atoms with Gasteiger partial charge in [-0.15, -0.1) is 5.10 Å². The lowest BCUT2D eigenvalue weighted by Crippen LogP contribution is -1.85. The highest BCUT2D eigenvalue weighted by Gasteiger charge is 1.99. The molecule has 0 fully saturated rings. The summed E-state index contributed by atoms with van der Waals surface area (Å²) >= 11 is 1.77. The van der Waals surface area contributed by atoms with Crippen LogP contribution in [0.5, 0.6) is 0 Å². The zero-order valence-corrected chi connectivity index (χ0v) is 14.1. The van der Waals surface area contributed by atoms with Gasteiger partial charge < -0.3 is 0 Å². The number of thioether (sulfide) groups is 1. The summed E-state index contributed by atoms with van der Waals surface area (Å²) in [6.07, 6.45) is 15.4. The number of aromatic amines is 1. The molecule has 20 heavy (non-hydrogen) atoms. The molecule has 0 saturated carbocycles. The summed E-state index contributed by atoms with van der Waals surface area (Å²) in [7, 11) is 0. The zero-order valence-electron chi connectivity index (χ0n) is 13.3. The molecular formula is C16H31N3S. The first-order chi connectivity index (χ1) is 9.83. The molecule has 1 heterocycles. The Labute approximate surface area is 128 Å². The first-order valence-electron chi connectivity index (χ1n) is 8.34. The van der Waals surface area contributed by atoms with E-state index in [0.29, 0.717) is 0 Å². The third kappa shape index (κ3) is 9.40. The fraction of sp³-hybridized carbons (Fsp3) is 0.875. The van der Waals surface area contributed by atoms with Crippen LogP contribution in [0.4, 0.5) is 0 Å². The van der Waals surface area contributed by atoms with Crippen molar-refractivity contribution >= 4 is 11.8 Å². The van der Waals surface area contributed by atoms with Gasteiger partial charge in [-0.25, -0.2) is 4.98 Å². The largest absolute Gasteiger partial charge is 0.262 e. The standard InChI is InChI=1S/C16H31N3S/c1-3-4-5-6-7-8-9-10-11-12-13-14-20-16-17-15(2)18-19-16/h3-14H2,1-2H3,(H,17,18,19). The molecule has 4 heteroatoms. The van der Waals surface area contributed by atoms with Gasteiger partial charge in [0.15, 0.2) is 0 Å². The van der Waals surface area contributed by atoms with Crippen molar-refractivity contribution in [1.29, 1.82) is 0 Å². The second kappa shape index (κ2) is 12.2. The van der Waals surface area contributed by atoms with E-state index in [1.54, 1.807) is 11.8 Å². The Bertz CT molecular complexity index is 325. The highest BCUT2D eigenvalue weighted by molar-refractivity contribution is 7.99. The minimum Gasteiger partial charge on any atom is -0.262 e. The van der Waals surface area contributed by atoms with Crippen molar-refractivity contribution < 1.29 is 0 Å². The van der Waals surface area contributed by atoms with E-state index >= 15 is 0 Å². The summed E-state index contributed by atoms with van der Waals surface area (Å²) in [5, 5.41) is 7.91. The van der Waals surface area contributed by atoms with Crippen molar-refractivity contribution in [3.05, 3.63) is 5.82 Å². The minimum atomic E-state index is 0.898. The minimum absolute atomic E-state index is 0.898. The van der Waals surface area contributed by atoms with Crippen LogP contribution in [-0.2, 0) is 0 Å². The van der Waals surface area contributed by atoms with Gasteiger partial charge in [-0.1, -0.05) is 82.9 Å². The second-order valence-corrected chi connectivity index (χ2v) is 6.65. The average molecular weight is 298 g/mol. The molecule has 0 saturated heterocycles. The van der Waals surface area contributed by atoms with Crippen molar-refractivity contribution in [3.8, 4) is 0 Å². The van der Waals surface area contributed by atoms with Gasteiger partial charge >= 0.3 is 0 Å². The Morgan fingerprint density at radius 2 is 1.40 bits per heavy atom. The van der Waals surface area contributed by atoms with Crippen molar-refractivity contribution in [1.82, 2.24) is 15.2 Å². The number of unbranched alkanes of at least 4 members (excludes halogenated alkanes) is 10. The Hall–Kier alpha value is -0.510. The molecule has 0 atom stereocenters. The van der Waals surface area contributed by atoms with Crippen LogP contribution in [0.25, 0.3) is 0 Å². The van der Waals surface area contributed by atoms with Crippen LogP contribution in [0.1, 0.15) is 83.4 Å². The van der Waals surface area contributed by atoms with E-state index in [-0.39, 0.29) is 0 Å². The average Bonchev–Trinajstić information content (AvgIpc) is 2.86. The number of aryl methyl sites for hydroxylation is 1. The molecule has 0 unspecified atom stereocenters. The molecule has 0 aliphatic carbocycles. The lowest BCUT2D eigenvalue weighted by molar-refractivity contribution is 0.555. The van der Waals surface area contributed by atoms with E-state index in [1.807, 2.05) is 6.92 Å². The normalized spacial score (nSPS) is 11.1. The molecule has 1 N–H and O–H groups in total. The summed E-state index contributed by atoms with van der Waals surface area (Å²) in [5.74, 6) is 2.06. The van der Waals surface area contributed by atoms with E-state index in [9.17, 15) is 0 Å². The molecule has 0 amide bonds. The zero-order chi connectivity index (χ0) is 14.5. The number of hydrogen-bond acceptors (Lipinski definition) is 3. The van der Waals surface area contributed by atoms with E-state index in [1.165, 1.54) is 70.6 Å². The first-order valence-corrected chi connectivity index (χ1v) is 9.33. The van der Waals surface area contributed by atoms with Gasteiger partial charge in [0, 0.05) is 5.75 Å². The fourth-order valence-electron chi connectivity index (χ4n) is 2.32. The number of rotatable bonds is 13. The van der Waals surface area contributed by atoms with Crippen molar-refractivity contribution in [3.63, 3.8) is 0 Å². The summed E-state index contributed by atoms with van der Waals surface area (Å²) in [6.45, 7) is 4.22. The maximum atomic E-state index is 4.30. The third-order valence-electron chi connectivity index (χ3n) is 3.56. The number of nitrogens with zero attached hydrogens (tertiary/aromatic N) is 2. The summed E-state index contributed by atoms with van der Waals surface area (Å²) < 4.78 is 0. The van der Waals surface area contributed by atoms with Crippen LogP contribution in [0.15, 0.2) is 5.16 Å². The van der Waals surface area contributed by atoms with Crippen molar-refractivity contribution in [2.75, 3.05) is 5.75 Å². The monoisotopic (exact) mass is 297 g/mol. The smallest absolute Gasteiger partial charge is 0.208 e. The molecule has 0 bridgehead atoms. The van der Waals surface area contributed by atoms with E-state index in [4.69, 9.17) is 0 Å². The van der Waals surface area contributed by atoms with Gasteiger partial charge in [0.05, 0.1) is 0 Å². The summed E-state index contributed by atoms with van der Waals surface area (Å²) in [4.78, 5) is 4.30. The van der Waals surface area contributed by atoms with Gasteiger partial charge in [0.25, 0.3) is 0 Å². The van der Waals surface area contributed by atoms with E-state index < -0.39 is 0 Å². The van der Waals surface area contributed by atoms with Gasteiger partial charge in [-0.05, 0) is 13.3 Å². The second-order valence-electron chi connectivity index (χ2n) is 5.59. The molecule has 1 aromatic heterocycles. The Balaban J connectivity index is 1.76. The Kier molecular flexibility index (Phi) is 10.7. The Morgan fingerprint density at radius 1 is 0.850 bits per heavy atom. The topological polar surface area (TPSA) is 41.6 Å². The van der Waals surface area contributed by atoms with E-state index in [2.05, 4.69) is 22.1 Å². The van der Waals surface area contributed by atoms with Crippen LogP contribution in [0.2, 0.25) is 0 Å². The molecule has 1 aromatic rings. The molecular weight excluding hydrogens is 266 g/mol. The number of nitrogens with one attached hydrogen (secondary N) is 1.